The minimum absolute atomic E-state index is 0.00404. The van der Waals surface area contributed by atoms with E-state index in [1.807, 2.05) is 86.8 Å². The second-order valence-electron chi connectivity index (χ2n) is 10.9. The van der Waals surface area contributed by atoms with E-state index in [1.54, 1.807) is 30.5 Å². The van der Waals surface area contributed by atoms with Crippen molar-refractivity contribution in [3.05, 3.63) is 94.5 Å². The molecule has 1 amide bonds. The number of amides is 1. The summed E-state index contributed by atoms with van der Waals surface area (Å²) in [6.45, 7) is 9.74. The molecule has 210 valence electrons. The second kappa shape index (κ2) is 12.3. The van der Waals surface area contributed by atoms with E-state index >= 15 is 0 Å². The Morgan fingerprint density at radius 3 is 2.15 bits per heavy atom. The summed E-state index contributed by atoms with van der Waals surface area (Å²) in [5.41, 5.74) is 3.30. The van der Waals surface area contributed by atoms with Crippen molar-refractivity contribution in [1.29, 1.82) is 0 Å². The number of carbonyl (C=O) groups is 3. The number of benzene rings is 3. The number of rotatable bonds is 9. The summed E-state index contributed by atoms with van der Waals surface area (Å²) in [6, 6.07) is 21.2. The summed E-state index contributed by atoms with van der Waals surface area (Å²) in [5.74, 6) is -0.0390. The van der Waals surface area contributed by atoms with Gasteiger partial charge >= 0.3 is 6.09 Å². The number of Topliss-reactive ketones (excluding diaryl/α,β-unsaturated/α-hetero) is 2. The average molecular weight is 560 g/mol. The van der Waals surface area contributed by atoms with Crippen LogP contribution in [0, 0.1) is 19.8 Å². The maximum absolute atomic E-state index is 13.8. The standard InChI is InChI=1S/C33H37NO5S/c1-21-16-26(17-22(2)31(21)39-33(4,5)23(3)35)28-18-34(32(37)38-20-24-10-8-7-9-11-24)19-29(28)30(36)25-12-14-27(40-6)15-13-25/h7-17,28-29H,18-20H2,1-6H3/t28-,29+/m0/s1. The molecule has 40 heavy (non-hydrogen) atoms. The van der Waals surface area contributed by atoms with Crippen molar-refractivity contribution in [3.8, 4) is 5.75 Å². The Balaban J connectivity index is 1.63. The first-order chi connectivity index (χ1) is 19.0. The number of aryl methyl sites for hydroxylation is 2. The van der Waals surface area contributed by atoms with Crippen LogP contribution in [0.5, 0.6) is 5.75 Å². The maximum Gasteiger partial charge on any atom is 0.410 e. The van der Waals surface area contributed by atoms with Gasteiger partial charge in [0.25, 0.3) is 0 Å². The van der Waals surface area contributed by atoms with E-state index in [2.05, 4.69) is 0 Å². The molecular formula is C33H37NO5S. The Bertz CT molecular complexity index is 1360. The van der Waals surface area contributed by atoms with Crippen molar-refractivity contribution in [2.45, 2.75) is 57.6 Å². The van der Waals surface area contributed by atoms with Gasteiger partial charge in [0.1, 0.15) is 12.4 Å². The van der Waals surface area contributed by atoms with Crippen LogP contribution in [-0.4, -0.2) is 47.5 Å². The number of ketones is 2. The van der Waals surface area contributed by atoms with E-state index in [1.165, 1.54) is 6.92 Å². The molecule has 0 bridgehead atoms. The smallest absolute Gasteiger partial charge is 0.410 e. The topological polar surface area (TPSA) is 72.9 Å². The first kappa shape index (κ1) is 29.4. The fourth-order valence-electron chi connectivity index (χ4n) is 5.02. The van der Waals surface area contributed by atoms with Gasteiger partial charge in [0.05, 0.1) is 0 Å². The van der Waals surface area contributed by atoms with Gasteiger partial charge in [0.2, 0.25) is 0 Å². The van der Waals surface area contributed by atoms with Crippen molar-refractivity contribution in [2.75, 3.05) is 19.3 Å². The van der Waals surface area contributed by atoms with Gasteiger partial charge in [0.15, 0.2) is 17.2 Å². The molecule has 0 saturated carbocycles. The van der Waals surface area contributed by atoms with Crippen LogP contribution < -0.4 is 4.74 Å². The Morgan fingerprint density at radius 1 is 0.950 bits per heavy atom. The monoisotopic (exact) mass is 559 g/mol. The third-order valence-corrected chi connectivity index (χ3v) is 8.35. The van der Waals surface area contributed by atoms with Crippen LogP contribution in [0.15, 0.2) is 71.6 Å². The van der Waals surface area contributed by atoms with E-state index in [0.717, 1.165) is 27.1 Å². The lowest BCUT2D eigenvalue weighted by molar-refractivity contribution is -0.129. The first-order valence-electron chi connectivity index (χ1n) is 13.4. The lowest BCUT2D eigenvalue weighted by Gasteiger charge is -2.27. The quantitative estimate of drug-likeness (QED) is 0.207. The average Bonchev–Trinajstić information content (AvgIpc) is 3.39. The molecule has 7 heteroatoms. The lowest BCUT2D eigenvalue weighted by Crippen LogP contribution is -2.36. The molecule has 1 heterocycles. The van der Waals surface area contributed by atoms with Crippen LogP contribution in [0.25, 0.3) is 0 Å². The highest BCUT2D eigenvalue weighted by atomic mass is 32.2. The normalized spacial score (nSPS) is 17.0. The van der Waals surface area contributed by atoms with Gasteiger partial charge in [-0.25, -0.2) is 4.79 Å². The van der Waals surface area contributed by atoms with Gasteiger partial charge < -0.3 is 14.4 Å². The van der Waals surface area contributed by atoms with Crippen LogP contribution in [0.3, 0.4) is 0 Å². The Hall–Kier alpha value is -3.58. The number of likely N-dealkylation sites (tertiary alicyclic amines) is 1. The third kappa shape index (κ3) is 6.58. The van der Waals surface area contributed by atoms with Crippen molar-refractivity contribution < 1.29 is 23.9 Å². The van der Waals surface area contributed by atoms with Crippen molar-refractivity contribution in [1.82, 2.24) is 4.90 Å². The van der Waals surface area contributed by atoms with Gasteiger partial charge in [-0.05, 0) is 75.3 Å². The van der Waals surface area contributed by atoms with Crippen LogP contribution in [-0.2, 0) is 16.1 Å². The number of ether oxygens (including phenoxy) is 2. The molecule has 0 spiro atoms. The highest BCUT2D eigenvalue weighted by Gasteiger charge is 2.41. The molecule has 1 aliphatic heterocycles. The zero-order chi connectivity index (χ0) is 29.0. The summed E-state index contributed by atoms with van der Waals surface area (Å²) in [5, 5.41) is 0. The van der Waals surface area contributed by atoms with E-state index in [9.17, 15) is 14.4 Å². The molecule has 0 unspecified atom stereocenters. The van der Waals surface area contributed by atoms with Crippen molar-refractivity contribution in [3.63, 3.8) is 0 Å². The van der Waals surface area contributed by atoms with Crippen LogP contribution in [0.2, 0.25) is 0 Å². The Labute approximate surface area is 241 Å². The van der Waals surface area contributed by atoms with Crippen LogP contribution in [0.1, 0.15) is 59.3 Å². The highest BCUT2D eigenvalue weighted by Crippen LogP contribution is 2.39. The minimum atomic E-state index is -0.953. The molecule has 6 nitrogen and oxygen atoms in total. The third-order valence-electron chi connectivity index (χ3n) is 7.61. The zero-order valence-corrected chi connectivity index (χ0v) is 24.8. The number of hydrogen-bond acceptors (Lipinski definition) is 6. The van der Waals surface area contributed by atoms with Crippen molar-refractivity contribution in [2.24, 2.45) is 5.92 Å². The fourth-order valence-corrected chi connectivity index (χ4v) is 5.43. The Kier molecular flexibility index (Phi) is 9.04. The number of hydrogen-bond donors (Lipinski definition) is 0. The summed E-state index contributed by atoms with van der Waals surface area (Å²) < 4.78 is 11.8. The molecule has 1 aliphatic rings. The van der Waals surface area contributed by atoms with Gasteiger partial charge in [-0.2, -0.15) is 0 Å². The van der Waals surface area contributed by atoms with Crippen LogP contribution in [0.4, 0.5) is 4.79 Å². The SMILES string of the molecule is CSc1ccc(C(=O)[C@@H]2CN(C(=O)OCc3ccccc3)C[C@H]2c2cc(C)c(OC(C)(C)C(C)=O)c(C)c2)cc1. The molecule has 1 fully saturated rings. The Morgan fingerprint density at radius 2 is 1.57 bits per heavy atom. The number of thioether (sulfide) groups is 1. The summed E-state index contributed by atoms with van der Waals surface area (Å²) in [7, 11) is 0. The molecule has 0 aliphatic carbocycles. The van der Waals surface area contributed by atoms with Crippen LogP contribution >= 0.6 is 11.8 Å². The predicted molar refractivity (Wildman–Crippen MR) is 158 cm³/mol. The molecule has 0 radical (unpaired) electrons. The first-order valence-corrected chi connectivity index (χ1v) is 14.7. The highest BCUT2D eigenvalue weighted by molar-refractivity contribution is 7.98. The maximum atomic E-state index is 13.8. The van der Waals surface area contributed by atoms with E-state index in [-0.39, 0.29) is 30.6 Å². The predicted octanol–water partition coefficient (Wildman–Crippen LogP) is 7.01. The molecule has 2 atom stereocenters. The summed E-state index contributed by atoms with van der Waals surface area (Å²) in [4.78, 5) is 41.8. The van der Waals surface area contributed by atoms with E-state index in [0.29, 0.717) is 17.9 Å². The molecule has 0 N–H and O–H groups in total. The zero-order valence-electron chi connectivity index (χ0n) is 24.0. The van der Waals surface area contributed by atoms with Gasteiger partial charge in [-0.15, -0.1) is 11.8 Å². The van der Waals surface area contributed by atoms with Gasteiger partial charge in [0, 0.05) is 35.4 Å². The molecule has 4 rings (SSSR count). The fraction of sp³-hybridized carbons (Fsp3) is 0.364. The molecular weight excluding hydrogens is 522 g/mol. The molecule has 0 aromatic heterocycles. The number of nitrogens with zero attached hydrogens (tertiary/aromatic N) is 1. The van der Waals surface area contributed by atoms with Gasteiger partial charge in [-0.3, -0.25) is 9.59 Å². The molecule has 3 aromatic carbocycles. The lowest BCUT2D eigenvalue weighted by atomic mass is 9.82. The minimum Gasteiger partial charge on any atom is -0.480 e. The number of carbonyl (C=O) groups excluding carboxylic acids is 3. The summed E-state index contributed by atoms with van der Waals surface area (Å²) >= 11 is 1.62. The molecule has 3 aromatic rings. The van der Waals surface area contributed by atoms with Gasteiger partial charge in [-0.1, -0.05) is 54.6 Å². The molecule has 1 saturated heterocycles. The largest absolute Gasteiger partial charge is 0.480 e. The van der Waals surface area contributed by atoms with Crippen molar-refractivity contribution >= 4 is 29.4 Å². The summed E-state index contributed by atoms with van der Waals surface area (Å²) in [6.07, 6.45) is 1.57. The second-order valence-corrected chi connectivity index (χ2v) is 11.8. The van der Waals surface area contributed by atoms with E-state index < -0.39 is 17.6 Å². The van der Waals surface area contributed by atoms with E-state index in [4.69, 9.17) is 9.47 Å².